The fourth-order valence-electron chi connectivity index (χ4n) is 2.72. The highest BCUT2D eigenvalue weighted by Crippen LogP contribution is 2.38. The number of aromatic nitrogens is 2. The van der Waals surface area contributed by atoms with E-state index in [0.717, 1.165) is 21.4 Å². The normalized spacial score (nSPS) is 10.2. The third kappa shape index (κ3) is 5.40. The van der Waals surface area contributed by atoms with Crippen LogP contribution in [0.4, 0.5) is 0 Å². The summed E-state index contributed by atoms with van der Waals surface area (Å²) in [5, 5.41) is 7.63. The molecule has 0 aliphatic rings. The molecular weight excluding hydrogens is 464 g/mol. The van der Waals surface area contributed by atoms with Gasteiger partial charge in [-0.2, -0.15) is 0 Å². The topological polar surface area (TPSA) is 87.6 Å². The van der Waals surface area contributed by atoms with Crippen molar-refractivity contribution in [3.63, 3.8) is 0 Å². The van der Waals surface area contributed by atoms with E-state index in [1.807, 2.05) is 24.3 Å². The summed E-state index contributed by atoms with van der Waals surface area (Å²) in [6.07, 6.45) is 1.64. The number of ether oxygens (including phenoxy) is 2. The molecule has 0 atom stereocenters. The van der Waals surface area contributed by atoms with Crippen molar-refractivity contribution in [2.75, 3.05) is 14.2 Å². The Hall–Kier alpha value is -3.39. The molecule has 0 fully saturated rings. The summed E-state index contributed by atoms with van der Waals surface area (Å²) in [6.45, 7) is 3.27. The summed E-state index contributed by atoms with van der Waals surface area (Å²) >= 11 is 3.42. The molecule has 2 heterocycles. The number of nitrogens with zero attached hydrogens (tertiary/aromatic N) is 2. The fraction of sp³-hybridized carbons (Fsp3) is 0.174. The lowest BCUT2D eigenvalue weighted by atomic mass is 10.1. The number of furan rings is 1. The second-order valence-corrected chi connectivity index (χ2v) is 7.22. The number of carbonyl (C=O) groups is 1. The molecule has 0 aliphatic heterocycles. The summed E-state index contributed by atoms with van der Waals surface area (Å²) in [4.78, 5) is 11.0. The van der Waals surface area contributed by atoms with E-state index in [1.165, 1.54) is 6.92 Å². The number of ketones is 1. The van der Waals surface area contributed by atoms with Gasteiger partial charge in [0.15, 0.2) is 5.78 Å². The summed E-state index contributed by atoms with van der Waals surface area (Å²) in [5.41, 5.74) is 2.41. The van der Waals surface area contributed by atoms with E-state index in [2.05, 4.69) is 26.1 Å². The standard InChI is InChI=1S/C12H11BrO3.C11H10N2O2/c1-14-10-6-8(9-4-3-5-16-9)7-11(15-2)12(10)13;1-7(14)9-3-5-10(6-4-9)11-13-12-8(2)15-11/h3-7H,1-2H3;3-6H,1-2H3. The zero-order valence-corrected chi connectivity index (χ0v) is 19.1. The van der Waals surface area contributed by atoms with Gasteiger partial charge >= 0.3 is 0 Å². The molecule has 0 aliphatic carbocycles. The lowest BCUT2D eigenvalue weighted by molar-refractivity contribution is 0.101. The van der Waals surface area contributed by atoms with E-state index in [9.17, 15) is 4.79 Å². The molecule has 8 heteroatoms. The largest absolute Gasteiger partial charge is 0.495 e. The number of Topliss-reactive ketones (excluding diaryl/α,β-unsaturated/α-hetero) is 1. The number of hydrogen-bond donors (Lipinski definition) is 0. The summed E-state index contributed by atoms with van der Waals surface area (Å²) in [7, 11) is 3.23. The van der Waals surface area contributed by atoms with Gasteiger partial charge < -0.3 is 18.3 Å². The molecule has 0 saturated heterocycles. The maximum Gasteiger partial charge on any atom is 0.247 e. The van der Waals surface area contributed by atoms with E-state index in [-0.39, 0.29) is 5.78 Å². The van der Waals surface area contributed by atoms with Crippen molar-refractivity contribution in [3.8, 4) is 34.3 Å². The Labute approximate surface area is 188 Å². The summed E-state index contributed by atoms with van der Waals surface area (Å²) < 4.78 is 21.9. The first-order valence-corrected chi connectivity index (χ1v) is 10.1. The van der Waals surface area contributed by atoms with E-state index < -0.39 is 0 Å². The van der Waals surface area contributed by atoms with Gasteiger partial charge in [-0.25, -0.2) is 0 Å². The van der Waals surface area contributed by atoms with Crippen molar-refractivity contribution < 1.29 is 23.1 Å². The molecule has 2 aromatic carbocycles. The third-order valence-electron chi connectivity index (χ3n) is 4.32. The molecule has 2 aromatic heterocycles. The number of benzene rings is 2. The molecule has 160 valence electrons. The van der Waals surface area contributed by atoms with Crippen molar-refractivity contribution in [2.24, 2.45) is 0 Å². The molecule has 0 bridgehead atoms. The second-order valence-electron chi connectivity index (χ2n) is 6.43. The Morgan fingerprint density at radius 1 is 0.968 bits per heavy atom. The number of methoxy groups -OCH3 is 2. The Morgan fingerprint density at radius 3 is 2.06 bits per heavy atom. The van der Waals surface area contributed by atoms with Crippen molar-refractivity contribution in [1.29, 1.82) is 0 Å². The lowest BCUT2D eigenvalue weighted by Crippen LogP contribution is -1.90. The van der Waals surface area contributed by atoms with Gasteiger partial charge in [-0.15, -0.1) is 10.2 Å². The van der Waals surface area contributed by atoms with Gasteiger partial charge in [-0.05, 0) is 59.3 Å². The molecule has 7 nitrogen and oxygen atoms in total. The third-order valence-corrected chi connectivity index (χ3v) is 5.10. The maximum atomic E-state index is 11.0. The van der Waals surface area contributed by atoms with Gasteiger partial charge in [0.1, 0.15) is 21.7 Å². The number of carbonyl (C=O) groups excluding carboxylic acids is 1. The average Bonchev–Trinajstić information content (AvgIpc) is 3.46. The number of halogens is 1. The first-order chi connectivity index (χ1) is 14.9. The van der Waals surface area contributed by atoms with Crippen molar-refractivity contribution in [3.05, 3.63) is 70.7 Å². The molecule has 4 aromatic rings. The monoisotopic (exact) mass is 484 g/mol. The Morgan fingerprint density at radius 2 is 1.61 bits per heavy atom. The number of rotatable bonds is 5. The first kappa shape index (κ1) is 22.3. The van der Waals surface area contributed by atoms with Crippen LogP contribution in [0.5, 0.6) is 11.5 Å². The summed E-state index contributed by atoms with van der Waals surface area (Å²) in [6, 6.07) is 14.6. The highest BCUT2D eigenvalue weighted by Gasteiger charge is 2.12. The molecule has 31 heavy (non-hydrogen) atoms. The van der Waals surface area contributed by atoms with Crippen molar-refractivity contribution >= 4 is 21.7 Å². The predicted octanol–water partition coefficient (Wildman–Crippen LogP) is 5.97. The van der Waals surface area contributed by atoms with Crippen molar-refractivity contribution in [1.82, 2.24) is 10.2 Å². The van der Waals surface area contributed by atoms with Gasteiger partial charge in [-0.3, -0.25) is 4.79 Å². The van der Waals surface area contributed by atoms with Crippen LogP contribution in [-0.4, -0.2) is 30.2 Å². The van der Waals surface area contributed by atoms with Crippen LogP contribution in [-0.2, 0) is 0 Å². The van der Waals surface area contributed by atoms with Crippen molar-refractivity contribution in [2.45, 2.75) is 13.8 Å². The van der Waals surface area contributed by atoms with E-state index in [1.54, 1.807) is 51.7 Å². The van der Waals surface area contributed by atoms with Crippen LogP contribution in [0.3, 0.4) is 0 Å². The van der Waals surface area contributed by atoms with Crippen LogP contribution in [0, 0.1) is 6.92 Å². The highest BCUT2D eigenvalue weighted by atomic mass is 79.9. The minimum Gasteiger partial charge on any atom is -0.495 e. The molecule has 0 amide bonds. The Kier molecular flexibility index (Phi) is 7.25. The molecule has 0 radical (unpaired) electrons. The predicted molar refractivity (Wildman–Crippen MR) is 119 cm³/mol. The minimum absolute atomic E-state index is 0.0447. The number of hydrogen-bond acceptors (Lipinski definition) is 7. The second kappa shape index (κ2) is 10.1. The molecule has 0 saturated carbocycles. The van der Waals surface area contributed by atoms with Gasteiger partial charge in [0, 0.05) is 23.6 Å². The first-order valence-electron chi connectivity index (χ1n) is 9.29. The maximum absolute atomic E-state index is 11.0. The molecule has 0 N–H and O–H groups in total. The van der Waals surface area contributed by atoms with E-state index in [4.69, 9.17) is 18.3 Å². The SMILES string of the molecule is CC(=O)c1ccc(-c2nnc(C)o2)cc1.COc1cc(-c2ccco2)cc(OC)c1Br. The summed E-state index contributed by atoms with van der Waals surface area (Å²) in [5.74, 6) is 3.26. The molecule has 0 spiro atoms. The fourth-order valence-corrected chi connectivity index (χ4v) is 3.27. The zero-order chi connectivity index (χ0) is 22.4. The molecule has 4 rings (SSSR count). The van der Waals surface area contributed by atoms with Gasteiger partial charge in [0.2, 0.25) is 11.8 Å². The van der Waals surface area contributed by atoms with Gasteiger partial charge in [0.05, 0.1) is 20.5 Å². The smallest absolute Gasteiger partial charge is 0.247 e. The van der Waals surface area contributed by atoms with E-state index in [0.29, 0.717) is 28.8 Å². The van der Waals surface area contributed by atoms with Crippen LogP contribution in [0.1, 0.15) is 23.2 Å². The van der Waals surface area contributed by atoms with Crippen LogP contribution in [0.25, 0.3) is 22.8 Å². The Balaban J connectivity index is 0.000000176. The molecular formula is C23H21BrN2O5. The van der Waals surface area contributed by atoms with Crippen LogP contribution in [0.2, 0.25) is 0 Å². The van der Waals surface area contributed by atoms with Crippen LogP contribution in [0.15, 0.2) is 68.1 Å². The Bertz CT molecular complexity index is 1130. The van der Waals surface area contributed by atoms with Gasteiger partial charge in [0.25, 0.3) is 0 Å². The van der Waals surface area contributed by atoms with Crippen LogP contribution >= 0.6 is 15.9 Å². The number of aryl methyl sites for hydroxylation is 1. The lowest BCUT2D eigenvalue weighted by Gasteiger charge is -2.10. The molecule has 0 unspecified atom stereocenters. The highest BCUT2D eigenvalue weighted by molar-refractivity contribution is 9.10. The van der Waals surface area contributed by atoms with Crippen LogP contribution < -0.4 is 9.47 Å². The average molecular weight is 485 g/mol. The van der Waals surface area contributed by atoms with Gasteiger partial charge in [-0.1, -0.05) is 12.1 Å². The zero-order valence-electron chi connectivity index (χ0n) is 17.5. The minimum atomic E-state index is 0.0447. The van der Waals surface area contributed by atoms with E-state index >= 15 is 0 Å². The quantitative estimate of drug-likeness (QED) is 0.322.